The van der Waals surface area contributed by atoms with Crippen LogP contribution in [0.25, 0.3) is 0 Å². The molecule has 0 N–H and O–H groups in total. The average Bonchev–Trinajstić information content (AvgIpc) is 2.37. The van der Waals surface area contributed by atoms with Gasteiger partial charge in [0.2, 0.25) is 0 Å². The van der Waals surface area contributed by atoms with Crippen molar-refractivity contribution in [3.63, 3.8) is 0 Å². The second kappa shape index (κ2) is 6.86. The molecule has 2 fully saturated rings. The van der Waals surface area contributed by atoms with Gasteiger partial charge in [-0.05, 0) is 25.2 Å². The number of hydrogen-bond acceptors (Lipinski definition) is 3. The van der Waals surface area contributed by atoms with Gasteiger partial charge < -0.3 is 9.47 Å². The molecular formula is C13H24O3S. The Labute approximate surface area is 107 Å². The Morgan fingerprint density at radius 2 is 1.94 bits per heavy atom. The summed E-state index contributed by atoms with van der Waals surface area (Å²) >= 11 is 0. The predicted molar refractivity (Wildman–Crippen MR) is 69.4 cm³/mol. The van der Waals surface area contributed by atoms with Crippen LogP contribution in [-0.4, -0.2) is 34.7 Å². The summed E-state index contributed by atoms with van der Waals surface area (Å²) in [5.41, 5.74) is 0. The molecule has 0 aromatic heterocycles. The maximum absolute atomic E-state index is 12.2. The van der Waals surface area contributed by atoms with Crippen molar-refractivity contribution >= 4 is 10.8 Å². The van der Waals surface area contributed by atoms with Crippen LogP contribution in [0.3, 0.4) is 0 Å². The topological polar surface area (TPSA) is 35.5 Å². The lowest BCUT2D eigenvalue weighted by atomic mass is 9.91. The average molecular weight is 260 g/mol. The molecule has 3 nitrogen and oxygen atoms in total. The summed E-state index contributed by atoms with van der Waals surface area (Å²) < 4.78 is 23.1. The minimum atomic E-state index is -0.689. The van der Waals surface area contributed by atoms with E-state index in [4.69, 9.17) is 9.47 Å². The molecule has 1 aliphatic carbocycles. The van der Waals surface area contributed by atoms with Crippen molar-refractivity contribution in [2.24, 2.45) is 5.92 Å². The molecule has 100 valence electrons. The van der Waals surface area contributed by atoms with Crippen LogP contribution in [0.2, 0.25) is 0 Å². The molecule has 17 heavy (non-hydrogen) atoms. The fourth-order valence-electron chi connectivity index (χ4n) is 2.70. The Bertz CT molecular complexity index is 251. The maximum Gasteiger partial charge on any atom is 0.158 e. The van der Waals surface area contributed by atoms with Crippen LogP contribution in [0.1, 0.15) is 45.4 Å². The van der Waals surface area contributed by atoms with Gasteiger partial charge in [-0.25, -0.2) is 0 Å². The van der Waals surface area contributed by atoms with Crippen LogP contribution < -0.4 is 0 Å². The molecule has 2 rings (SSSR count). The Kier molecular flexibility index (Phi) is 5.45. The molecular weight excluding hydrogens is 236 g/mol. The van der Waals surface area contributed by atoms with Crippen molar-refractivity contribution in [2.75, 3.05) is 19.0 Å². The monoisotopic (exact) mass is 260 g/mol. The third kappa shape index (κ3) is 4.34. The molecule has 2 aliphatic rings. The first-order chi connectivity index (χ1) is 8.25. The van der Waals surface area contributed by atoms with Crippen molar-refractivity contribution in [3.8, 4) is 0 Å². The Morgan fingerprint density at radius 1 is 1.18 bits per heavy atom. The van der Waals surface area contributed by atoms with Gasteiger partial charge in [0, 0.05) is 28.2 Å². The molecule has 1 aliphatic heterocycles. The van der Waals surface area contributed by atoms with E-state index >= 15 is 0 Å². The van der Waals surface area contributed by atoms with Gasteiger partial charge in [-0.15, -0.1) is 0 Å². The molecule has 1 saturated carbocycles. The smallest absolute Gasteiger partial charge is 0.158 e. The van der Waals surface area contributed by atoms with Gasteiger partial charge in [0.15, 0.2) is 6.29 Å². The van der Waals surface area contributed by atoms with Crippen molar-refractivity contribution in [1.29, 1.82) is 0 Å². The fourth-order valence-corrected chi connectivity index (χ4v) is 4.43. The summed E-state index contributed by atoms with van der Waals surface area (Å²) in [6.07, 6.45) is 6.50. The molecule has 3 unspecified atom stereocenters. The van der Waals surface area contributed by atoms with Crippen molar-refractivity contribution < 1.29 is 13.7 Å². The zero-order valence-corrected chi connectivity index (χ0v) is 11.5. The van der Waals surface area contributed by atoms with E-state index in [9.17, 15) is 4.21 Å². The van der Waals surface area contributed by atoms with E-state index in [2.05, 4.69) is 6.92 Å². The first-order valence-corrected chi connectivity index (χ1v) is 8.24. The predicted octanol–water partition coefficient (Wildman–Crippen LogP) is 2.47. The highest BCUT2D eigenvalue weighted by Gasteiger charge is 2.25. The quantitative estimate of drug-likeness (QED) is 0.779. The zero-order valence-electron chi connectivity index (χ0n) is 10.7. The van der Waals surface area contributed by atoms with Crippen LogP contribution in [0.15, 0.2) is 0 Å². The van der Waals surface area contributed by atoms with Crippen molar-refractivity contribution in [1.82, 2.24) is 0 Å². The molecule has 0 bridgehead atoms. The fraction of sp³-hybridized carbons (Fsp3) is 1.00. The summed E-state index contributed by atoms with van der Waals surface area (Å²) in [5.74, 6) is 1.49. The molecule has 0 aromatic carbocycles. The van der Waals surface area contributed by atoms with E-state index in [1.165, 1.54) is 12.8 Å². The van der Waals surface area contributed by atoms with Gasteiger partial charge in [0.05, 0.1) is 13.2 Å². The standard InChI is InChI=1S/C13H24O3S/c1-11-4-2-5-12(10-11)17(14)9-6-13-15-7-3-8-16-13/h11-13H,2-10H2,1H3. The third-order valence-electron chi connectivity index (χ3n) is 3.71. The Balaban J connectivity index is 1.69. The summed E-state index contributed by atoms with van der Waals surface area (Å²) in [6.45, 7) is 3.85. The van der Waals surface area contributed by atoms with Crippen molar-refractivity contribution in [2.45, 2.75) is 57.0 Å². The highest BCUT2D eigenvalue weighted by Crippen LogP contribution is 2.27. The van der Waals surface area contributed by atoms with E-state index in [-0.39, 0.29) is 6.29 Å². The molecule has 3 atom stereocenters. The first-order valence-electron chi connectivity index (χ1n) is 6.86. The van der Waals surface area contributed by atoms with Gasteiger partial charge in [-0.3, -0.25) is 4.21 Å². The minimum absolute atomic E-state index is 0.103. The summed E-state index contributed by atoms with van der Waals surface area (Å²) in [5, 5.41) is 0.419. The number of hydrogen-bond donors (Lipinski definition) is 0. The highest BCUT2D eigenvalue weighted by atomic mass is 32.2. The largest absolute Gasteiger partial charge is 0.353 e. The molecule has 0 spiro atoms. The maximum atomic E-state index is 12.2. The van der Waals surface area contributed by atoms with Crippen LogP contribution in [0.5, 0.6) is 0 Å². The van der Waals surface area contributed by atoms with Crippen LogP contribution in [0.4, 0.5) is 0 Å². The normalized spacial score (nSPS) is 33.5. The molecule has 1 heterocycles. The second-order valence-electron chi connectivity index (χ2n) is 5.29. The van der Waals surface area contributed by atoms with Crippen LogP contribution in [-0.2, 0) is 20.3 Å². The van der Waals surface area contributed by atoms with Gasteiger partial charge in [0.1, 0.15) is 0 Å². The third-order valence-corrected chi connectivity index (χ3v) is 5.52. The Hall–Kier alpha value is 0.0700. The second-order valence-corrected chi connectivity index (χ2v) is 7.13. The van der Waals surface area contributed by atoms with Crippen LogP contribution >= 0.6 is 0 Å². The summed E-state index contributed by atoms with van der Waals surface area (Å²) in [6, 6.07) is 0. The van der Waals surface area contributed by atoms with Gasteiger partial charge in [-0.2, -0.15) is 0 Å². The highest BCUT2D eigenvalue weighted by molar-refractivity contribution is 7.85. The van der Waals surface area contributed by atoms with Crippen molar-refractivity contribution in [3.05, 3.63) is 0 Å². The zero-order chi connectivity index (χ0) is 12.1. The lowest BCUT2D eigenvalue weighted by molar-refractivity contribution is -0.178. The molecule has 0 aromatic rings. The van der Waals surface area contributed by atoms with E-state index < -0.39 is 10.8 Å². The van der Waals surface area contributed by atoms with E-state index in [1.54, 1.807) is 0 Å². The van der Waals surface area contributed by atoms with Gasteiger partial charge in [0.25, 0.3) is 0 Å². The molecule has 4 heteroatoms. The molecule has 0 amide bonds. The summed E-state index contributed by atoms with van der Waals surface area (Å²) in [7, 11) is -0.689. The van der Waals surface area contributed by atoms with E-state index in [0.717, 1.165) is 50.6 Å². The number of ether oxygens (including phenoxy) is 2. The van der Waals surface area contributed by atoms with Crippen LogP contribution in [0, 0.1) is 5.92 Å². The lowest BCUT2D eigenvalue weighted by Crippen LogP contribution is -2.29. The van der Waals surface area contributed by atoms with E-state index in [0.29, 0.717) is 5.25 Å². The van der Waals surface area contributed by atoms with E-state index in [1.807, 2.05) is 0 Å². The first kappa shape index (κ1) is 13.5. The minimum Gasteiger partial charge on any atom is -0.353 e. The molecule has 1 saturated heterocycles. The summed E-state index contributed by atoms with van der Waals surface area (Å²) in [4.78, 5) is 0. The van der Waals surface area contributed by atoms with Gasteiger partial charge >= 0.3 is 0 Å². The SMILES string of the molecule is CC1CCCC(S(=O)CCC2OCCCO2)C1. The number of rotatable bonds is 4. The Morgan fingerprint density at radius 3 is 2.65 bits per heavy atom. The lowest BCUT2D eigenvalue weighted by Gasteiger charge is -2.27. The molecule has 0 radical (unpaired) electrons. The van der Waals surface area contributed by atoms with Gasteiger partial charge in [-0.1, -0.05) is 19.8 Å².